The van der Waals surface area contributed by atoms with Crippen LogP contribution in [0.4, 0.5) is 0 Å². The average Bonchev–Trinajstić information content (AvgIpc) is 2.68. The Morgan fingerprint density at radius 1 is 0.903 bits per heavy atom. The number of esters is 2. The van der Waals surface area contributed by atoms with E-state index in [4.69, 9.17) is 13.8 Å². The lowest BCUT2D eigenvalue weighted by atomic mass is 9.99. The van der Waals surface area contributed by atoms with E-state index < -0.39 is 37.9 Å². The third-order valence-corrected chi connectivity index (χ3v) is 5.73. The maximum atomic E-state index is 11.1. The zero-order valence-corrected chi connectivity index (χ0v) is 19.6. The molecule has 0 amide bonds. The Labute approximate surface area is 183 Å². The molecule has 1 rings (SSSR count). The van der Waals surface area contributed by atoms with Crippen LogP contribution >= 0.6 is 0 Å². The van der Waals surface area contributed by atoms with Crippen LogP contribution < -0.4 is 0 Å². The zero-order valence-electron chi connectivity index (χ0n) is 18.0. The second kappa shape index (κ2) is 13.4. The minimum Gasteiger partial charge on any atom is -0.462 e. The van der Waals surface area contributed by atoms with E-state index in [1.165, 1.54) is 12.1 Å². The van der Waals surface area contributed by atoms with E-state index in [1.54, 1.807) is 19.1 Å². The van der Waals surface area contributed by atoms with Crippen LogP contribution in [0.2, 0.25) is 0 Å². The Morgan fingerprint density at radius 3 is 1.84 bits per heavy atom. The predicted octanol–water partition coefficient (Wildman–Crippen LogP) is 2.45. The maximum absolute atomic E-state index is 11.1. The van der Waals surface area contributed by atoms with Gasteiger partial charge in [-0.3, -0.25) is 18.7 Å². The highest BCUT2D eigenvalue weighted by Gasteiger charge is 2.15. The van der Waals surface area contributed by atoms with Crippen molar-refractivity contribution in [2.24, 2.45) is 5.92 Å². The van der Waals surface area contributed by atoms with Gasteiger partial charge in [0.15, 0.2) is 5.75 Å². The monoisotopic (exact) mass is 482 g/mol. The highest BCUT2D eigenvalue weighted by atomic mass is 32.2. The summed E-state index contributed by atoms with van der Waals surface area (Å²) in [5, 5.41) is 0. The van der Waals surface area contributed by atoms with Crippen molar-refractivity contribution >= 4 is 32.2 Å². The molecule has 0 fully saturated rings. The highest BCUT2D eigenvalue weighted by molar-refractivity contribution is 7.86. The molecule has 0 spiro atoms. The highest BCUT2D eigenvalue weighted by Crippen LogP contribution is 2.20. The molecular formula is C19H30O10S2. The minimum absolute atomic E-state index is 0.0513. The van der Waals surface area contributed by atoms with E-state index in [2.05, 4.69) is 18.6 Å². The first-order chi connectivity index (χ1) is 14.2. The van der Waals surface area contributed by atoms with Crippen LogP contribution in [0, 0.1) is 5.92 Å². The van der Waals surface area contributed by atoms with Crippen LogP contribution in [0.25, 0.3) is 0 Å². The number of rotatable bonds is 10. The second-order valence-electron chi connectivity index (χ2n) is 6.78. The van der Waals surface area contributed by atoms with Gasteiger partial charge in [0, 0.05) is 0 Å². The molecule has 10 nitrogen and oxygen atoms in total. The largest absolute Gasteiger partial charge is 0.462 e. The van der Waals surface area contributed by atoms with E-state index in [9.17, 15) is 26.4 Å². The summed E-state index contributed by atoms with van der Waals surface area (Å²) in [7, 11) is -8.43. The zero-order chi connectivity index (χ0) is 24.2. The molecule has 0 bridgehead atoms. The summed E-state index contributed by atoms with van der Waals surface area (Å²) in [6, 6.07) is 6.32. The number of hydrogen-bond donors (Lipinski definition) is 2. The van der Waals surface area contributed by atoms with E-state index in [0.717, 1.165) is 12.0 Å². The second-order valence-corrected chi connectivity index (χ2v) is 9.65. The van der Waals surface area contributed by atoms with Gasteiger partial charge in [0.2, 0.25) is 0 Å². The summed E-state index contributed by atoms with van der Waals surface area (Å²) in [5.74, 6) is -2.42. The molecule has 2 N–H and O–H groups in total. The van der Waals surface area contributed by atoms with E-state index in [0.29, 0.717) is 12.3 Å². The molecule has 0 saturated carbocycles. The molecule has 0 aromatic heterocycles. The van der Waals surface area contributed by atoms with Crippen molar-refractivity contribution < 1.29 is 45.0 Å². The molecule has 2 unspecified atom stereocenters. The fourth-order valence-electron chi connectivity index (χ4n) is 2.00. The first-order valence-corrected chi connectivity index (χ1v) is 12.6. The Morgan fingerprint density at radius 2 is 1.42 bits per heavy atom. The van der Waals surface area contributed by atoms with Gasteiger partial charge in [-0.15, -0.1) is 0 Å². The lowest BCUT2D eigenvalue weighted by molar-refractivity contribution is -0.153. The molecule has 0 heterocycles. The van der Waals surface area contributed by atoms with Crippen LogP contribution in [-0.2, 0) is 39.3 Å². The third kappa shape index (κ3) is 13.1. The predicted molar refractivity (Wildman–Crippen MR) is 113 cm³/mol. The molecule has 12 heteroatoms. The Balaban J connectivity index is 0.000000590. The summed E-state index contributed by atoms with van der Waals surface area (Å²) in [4.78, 5) is 21.9. The smallest absolute Gasteiger partial charge is 0.323 e. The van der Waals surface area contributed by atoms with Gasteiger partial charge in [-0.1, -0.05) is 39.8 Å². The Kier molecular flexibility index (Phi) is 12.5. The van der Waals surface area contributed by atoms with Gasteiger partial charge in [-0.2, -0.15) is 16.8 Å². The quantitative estimate of drug-likeness (QED) is 0.288. The Bertz CT molecular complexity index is 906. The molecule has 0 aliphatic carbocycles. The van der Waals surface area contributed by atoms with Crippen LogP contribution in [0.15, 0.2) is 29.2 Å². The number of carbonyl (C=O) groups is 2. The van der Waals surface area contributed by atoms with Gasteiger partial charge in [0.05, 0.1) is 10.8 Å². The van der Waals surface area contributed by atoms with Gasteiger partial charge >= 0.3 is 11.9 Å². The first-order valence-electron chi connectivity index (χ1n) is 9.56. The number of benzene rings is 1. The Hall–Kier alpha value is -2.02. The summed E-state index contributed by atoms with van der Waals surface area (Å²) in [6.45, 7) is 7.30. The van der Waals surface area contributed by atoms with Crippen molar-refractivity contribution in [1.82, 2.24) is 0 Å². The molecule has 1 aromatic carbocycles. The molecule has 0 saturated heterocycles. The SMILES string of the molecule is CCC(C)C(=O)OCCOC(=O)CS(=O)(=O)O.CCC(C)c1ccc(S(=O)(=O)O)cc1. The molecule has 178 valence electrons. The normalized spacial score (nSPS) is 13.4. The van der Waals surface area contributed by atoms with Gasteiger partial charge < -0.3 is 9.47 Å². The van der Waals surface area contributed by atoms with Crippen LogP contribution in [0.5, 0.6) is 0 Å². The van der Waals surface area contributed by atoms with Crippen LogP contribution in [-0.4, -0.2) is 56.8 Å². The maximum Gasteiger partial charge on any atom is 0.323 e. The summed E-state index contributed by atoms with van der Waals surface area (Å²) < 4.78 is 68.3. The molecular weight excluding hydrogens is 452 g/mol. The fraction of sp³-hybridized carbons (Fsp3) is 0.579. The summed E-state index contributed by atoms with van der Waals surface area (Å²) in [6.07, 6.45) is 1.65. The van der Waals surface area contributed by atoms with Gasteiger partial charge in [-0.05, 0) is 36.5 Å². The molecule has 0 aliphatic rings. The number of hydrogen-bond acceptors (Lipinski definition) is 8. The lowest BCUT2D eigenvalue weighted by Crippen LogP contribution is -2.21. The average molecular weight is 483 g/mol. The van der Waals surface area contributed by atoms with Crippen LogP contribution in [0.1, 0.15) is 52.0 Å². The molecule has 0 aliphatic heterocycles. The molecule has 2 atom stereocenters. The van der Waals surface area contributed by atoms with Crippen molar-refractivity contribution in [3.63, 3.8) is 0 Å². The molecule has 31 heavy (non-hydrogen) atoms. The van der Waals surface area contributed by atoms with Crippen molar-refractivity contribution in [2.45, 2.75) is 51.3 Å². The van der Waals surface area contributed by atoms with Gasteiger partial charge in [-0.25, -0.2) is 0 Å². The number of ether oxygens (including phenoxy) is 2. The van der Waals surface area contributed by atoms with E-state index >= 15 is 0 Å². The van der Waals surface area contributed by atoms with Crippen molar-refractivity contribution in [3.8, 4) is 0 Å². The third-order valence-electron chi connectivity index (χ3n) is 4.27. The topological polar surface area (TPSA) is 161 Å². The van der Waals surface area contributed by atoms with Crippen molar-refractivity contribution in [2.75, 3.05) is 19.0 Å². The van der Waals surface area contributed by atoms with Crippen molar-refractivity contribution in [3.05, 3.63) is 29.8 Å². The summed E-state index contributed by atoms with van der Waals surface area (Å²) in [5.41, 5.74) is 1.08. The lowest BCUT2D eigenvalue weighted by Gasteiger charge is -2.09. The minimum atomic E-state index is -4.38. The van der Waals surface area contributed by atoms with E-state index in [1.807, 2.05) is 6.92 Å². The standard InChI is InChI=1S/C10H14O3S.C9H16O7S/c1-3-8(2)9-4-6-10(7-5-9)14(11,12)13;1-3-7(2)9(11)16-5-4-15-8(10)6-17(12,13)14/h4-8H,3H2,1-2H3,(H,11,12,13);7H,3-6H2,1-2H3,(H,12,13,14). The van der Waals surface area contributed by atoms with E-state index in [-0.39, 0.29) is 24.0 Å². The fourth-order valence-corrected chi connectivity index (χ4v) is 2.86. The number of carbonyl (C=O) groups excluding carboxylic acids is 2. The summed E-state index contributed by atoms with van der Waals surface area (Å²) >= 11 is 0. The van der Waals surface area contributed by atoms with Gasteiger partial charge in [0.25, 0.3) is 20.2 Å². The first kappa shape index (κ1) is 29.0. The van der Waals surface area contributed by atoms with Crippen LogP contribution in [0.3, 0.4) is 0 Å². The van der Waals surface area contributed by atoms with Gasteiger partial charge in [0.1, 0.15) is 13.2 Å². The molecule has 0 radical (unpaired) electrons. The van der Waals surface area contributed by atoms with Crippen molar-refractivity contribution in [1.29, 1.82) is 0 Å². The molecule has 1 aromatic rings.